The highest BCUT2D eigenvalue weighted by Crippen LogP contribution is 2.27. The van der Waals surface area contributed by atoms with Gasteiger partial charge < -0.3 is 15.0 Å². The molecular formula is C18H18Cl2N2O3. The predicted octanol–water partition coefficient (Wildman–Crippen LogP) is 3.78. The quantitative estimate of drug-likeness (QED) is 0.829. The van der Waals surface area contributed by atoms with Gasteiger partial charge in [-0.2, -0.15) is 0 Å². The third kappa shape index (κ3) is 4.87. The highest BCUT2D eigenvalue weighted by Gasteiger charge is 2.15. The molecule has 2 rings (SSSR count). The number of carbonyl (C=O) groups is 2. The molecule has 25 heavy (non-hydrogen) atoms. The summed E-state index contributed by atoms with van der Waals surface area (Å²) in [6.07, 6.45) is 0. The van der Waals surface area contributed by atoms with Crippen LogP contribution in [0.3, 0.4) is 0 Å². The van der Waals surface area contributed by atoms with Gasteiger partial charge >= 0.3 is 0 Å². The molecule has 0 bridgehead atoms. The zero-order valence-electron chi connectivity index (χ0n) is 13.9. The van der Waals surface area contributed by atoms with Gasteiger partial charge in [0, 0.05) is 25.7 Å². The Labute approximate surface area is 156 Å². The van der Waals surface area contributed by atoms with Crippen molar-refractivity contribution in [3.63, 3.8) is 0 Å². The Morgan fingerprint density at radius 3 is 2.48 bits per heavy atom. The van der Waals surface area contributed by atoms with Gasteiger partial charge in [-0.1, -0.05) is 35.3 Å². The number of amides is 2. The number of carbonyl (C=O) groups excluding carboxylic acids is 2. The number of nitrogens with one attached hydrogen (secondary N) is 1. The lowest BCUT2D eigenvalue weighted by Crippen LogP contribution is -2.37. The molecule has 0 heterocycles. The van der Waals surface area contributed by atoms with Gasteiger partial charge in [0.15, 0.2) is 0 Å². The third-order valence-electron chi connectivity index (χ3n) is 3.57. The first-order chi connectivity index (χ1) is 11.9. The van der Waals surface area contributed by atoms with Gasteiger partial charge in [0.05, 0.1) is 22.7 Å². The van der Waals surface area contributed by atoms with E-state index in [0.29, 0.717) is 33.6 Å². The summed E-state index contributed by atoms with van der Waals surface area (Å²) in [5.41, 5.74) is 1.06. The topological polar surface area (TPSA) is 58.6 Å². The maximum Gasteiger partial charge on any atom is 0.255 e. The van der Waals surface area contributed by atoms with Crippen LogP contribution in [-0.4, -0.2) is 32.0 Å². The summed E-state index contributed by atoms with van der Waals surface area (Å²) in [4.78, 5) is 25.7. The van der Waals surface area contributed by atoms with Crippen LogP contribution in [0.15, 0.2) is 42.5 Å². The van der Waals surface area contributed by atoms with Crippen LogP contribution in [0.4, 0.5) is 5.69 Å². The van der Waals surface area contributed by atoms with Crippen LogP contribution in [0, 0.1) is 0 Å². The predicted molar refractivity (Wildman–Crippen MR) is 99.8 cm³/mol. The monoisotopic (exact) mass is 380 g/mol. The summed E-state index contributed by atoms with van der Waals surface area (Å²) in [6.45, 7) is 2.02. The number of methoxy groups -OCH3 is 1. The number of nitrogens with zero attached hydrogens (tertiary/aromatic N) is 1. The molecule has 1 N–H and O–H groups in total. The summed E-state index contributed by atoms with van der Waals surface area (Å²) in [5, 5.41) is 3.56. The van der Waals surface area contributed by atoms with Gasteiger partial charge in [-0.15, -0.1) is 0 Å². The molecular weight excluding hydrogens is 363 g/mol. The fourth-order valence-corrected chi connectivity index (χ4v) is 2.62. The Morgan fingerprint density at radius 1 is 1.12 bits per heavy atom. The van der Waals surface area contributed by atoms with Crippen molar-refractivity contribution in [3.8, 4) is 5.75 Å². The lowest BCUT2D eigenvalue weighted by Gasteiger charge is -2.22. The SMILES string of the molecule is COc1ccccc1C(=O)NCCN(C(C)=O)c1ccc(Cl)c(Cl)c1. The Kier molecular flexibility index (Phi) is 6.67. The first kappa shape index (κ1) is 19.1. The molecule has 0 atom stereocenters. The van der Waals surface area contributed by atoms with E-state index < -0.39 is 0 Å². The maximum atomic E-state index is 12.3. The molecule has 0 unspecified atom stereocenters. The number of anilines is 1. The molecule has 5 nitrogen and oxygen atoms in total. The average molecular weight is 381 g/mol. The Morgan fingerprint density at radius 2 is 1.84 bits per heavy atom. The largest absolute Gasteiger partial charge is 0.496 e. The minimum Gasteiger partial charge on any atom is -0.496 e. The molecule has 0 saturated carbocycles. The highest BCUT2D eigenvalue weighted by molar-refractivity contribution is 6.42. The average Bonchev–Trinajstić information content (AvgIpc) is 2.60. The molecule has 2 aromatic carbocycles. The highest BCUT2D eigenvalue weighted by atomic mass is 35.5. The molecule has 0 aromatic heterocycles. The molecule has 0 spiro atoms. The number of rotatable bonds is 6. The lowest BCUT2D eigenvalue weighted by atomic mass is 10.2. The number of para-hydroxylation sites is 1. The van der Waals surface area contributed by atoms with E-state index in [9.17, 15) is 9.59 Å². The van der Waals surface area contributed by atoms with Crippen molar-refractivity contribution in [2.75, 3.05) is 25.1 Å². The van der Waals surface area contributed by atoms with E-state index in [0.717, 1.165) is 0 Å². The van der Waals surface area contributed by atoms with E-state index in [1.54, 1.807) is 42.5 Å². The molecule has 0 aliphatic carbocycles. The molecule has 2 aromatic rings. The number of hydrogen-bond donors (Lipinski definition) is 1. The van der Waals surface area contributed by atoms with Gasteiger partial charge in [-0.05, 0) is 30.3 Å². The van der Waals surface area contributed by atoms with E-state index in [-0.39, 0.29) is 18.4 Å². The minimum absolute atomic E-state index is 0.162. The summed E-state index contributed by atoms with van der Waals surface area (Å²) in [5.74, 6) is 0.0629. The van der Waals surface area contributed by atoms with Crippen molar-refractivity contribution in [3.05, 3.63) is 58.1 Å². The van der Waals surface area contributed by atoms with Crippen LogP contribution in [0.5, 0.6) is 5.75 Å². The van der Waals surface area contributed by atoms with Crippen LogP contribution in [0.1, 0.15) is 17.3 Å². The van der Waals surface area contributed by atoms with Gasteiger partial charge in [-0.25, -0.2) is 0 Å². The summed E-state index contributed by atoms with van der Waals surface area (Å²) in [7, 11) is 1.51. The molecule has 0 radical (unpaired) electrons. The van der Waals surface area contributed by atoms with Crippen molar-refractivity contribution in [1.82, 2.24) is 5.32 Å². The van der Waals surface area contributed by atoms with E-state index in [1.807, 2.05) is 0 Å². The number of hydrogen-bond acceptors (Lipinski definition) is 3. The van der Waals surface area contributed by atoms with Crippen LogP contribution in [0.2, 0.25) is 10.0 Å². The van der Waals surface area contributed by atoms with Crippen molar-refractivity contribution < 1.29 is 14.3 Å². The zero-order valence-corrected chi connectivity index (χ0v) is 15.4. The second kappa shape index (κ2) is 8.74. The zero-order chi connectivity index (χ0) is 18.4. The Balaban J connectivity index is 2.03. The third-order valence-corrected chi connectivity index (χ3v) is 4.31. The molecule has 132 valence electrons. The van der Waals surface area contributed by atoms with E-state index in [4.69, 9.17) is 27.9 Å². The van der Waals surface area contributed by atoms with E-state index in [2.05, 4.69) is 5.32 Å². The fraction of sp³-hybridized carbons (Fsp3) is 0.222. The molecule has 2 amide bonds. The van der Waals surface area contributed by atoms with Gasteiger partial charge in [0.2, 0.25) is 5.91 Å². The van der Waals surface area contributed by atoms with Crippen LogP contribution in [0.25, 0.3) is 0 Å². The maximum absolute atomic E-state index is 12.3. The molecule has 0 aliphatic heterocycles. The molecule has 7 heteroatoms. The van der Waals surface area contributed by atoms with Crippen molar-refractivity contribution in [2.24, 2.45) is 0 Å². The summed E-state index contributed by atoms with van der Waals surface area (Å²) < 4.78 is 5.17. The fourth-order valence-electron chi connectivity index (χ4n) is 2.33. The number of benzene rings is 2. The second-order valence-corrected chi connectivity index (χ2v) is 6.04. The van der Waals surface area contributed by atoms with Crippen molar-refractivity contribution in [1.29, 1.82) is 0 Å². The summed E-state index contributed by atoms with van der Waals surface area (Å²) in [6, 6.07) is 11.9. The van der Waals surface area contributed by atoms with E-state index >= 15 is 0 Å². The van der Waals surface area contributed by atoms with Gasteiger partial charge in [0.25, 0.3) is 5.91 Å². The normalized spacial score (nSPS) is 10.2. The minimum atomic E-state index is -0.268. The van der Waals surface area contributed by atoms with Crippen LogP contribution >= 0.6 is 23.2 Å². The molecule has 0 fully saturated rings. The Hall–Kier alpha value is -2.24. The number of ether oxygens (including phenoxy) is 1. The first-order valence-electron chi connectivity index (χ1n) is 7.58. The van der Waals surface area contributed by atoms with Crippen LogP contribution in [-0.2, 0) is 4.79 Å². The van der Waals surface area contributed by atoms with E-state index in [1.165, 1.54) is 18.9 Å². The second-order valence-electron chi connectivity index (χ2n) is 5.23. The smallest absolute Gasteiger partial charge is 0.255 e. The molecule has 0 aliphatic rings. The van der Waals surface area contributed by atoms with Gasteiger partial charge in [-0.3, -0.25) is 9.59 Å². The number of halogens is 2. The van der Waals surface area contributed by atoms with Crippen molar-refractivity contribution >= 4 is 40.7 Å². The first-order valence-corrected chi connectivity index (χ1v) is 8.34. The Bertz CT molecular complexity index is 781. The standard InChI is InChI=1S/C18H18Cl2N2O3/c1-12(23)22(13-7-8-15(19)16(20)11-13)10-9-21-18(24)14-5-3-4-6-17(14)25-2/h3-8,11H,9-10H2,1-2H3,(H,21,24). The van der Waals surface area contributed by atoms with Crippen molar-refractivity contribution in [2.45, 2.75) is 6.92 Å². The summed E-state index contributed by atoms with van der Waals surface area (Å²) >= 11 is 11.9. The molecule has 0 saturated heterocycles. The lowest BCUT2D eigenvalue weighted by molar-refractivity contribution is -0.116. The van der Waals surface area contributed by atoms with Gasteiger partial charge in [0.1, 0.15) is 5.75 Å². The van der Waals surface area contributed by atoms with Crippen LogP contribution < -0.4 is 15.0 Å².